The molecule has 1 nitrogen and oxygen atoms in total. The SMILES string of the molecule is CC12CCCC1C1CCC3=C(C1CC2)C1C[C@@H]1C(O)C3. The summed E-state index contributed by atoms with van der Waals surface area (Å²) < 4.78 is 0. The van der Waals surface area contributed by atoms with Crippen LogP contribution in [0.2, 0.25) is 0 Å². The van der Waals surface area contributed by atoms with Crippen LogP contribution >= 0.6 is 0 Å². The van der Waals surface area contributed by atoms with Gasteiger partial charge in [0.25, 0.3) is 0 Å². The van der Waals surface area contributed by atoms with E-state index in [1.807, 2.05) is 5.57 Å². The molecule has 1 heteroatoms. The summed E-state index contributed by atoms with van der Waals surface area (Å²) >= 11 is 0. The van der Waals surface area contributed by atoms with Crippen LogP contribution in [0.15, 0.2) is 11.1 Å². The third-order valence-corrected chi connectivity index (χ3v) is 7.99. The van der Waals surface area contributed by atoms with Crippen LogP contribution in [0.3, 0.4) is 0 Å². The van der Waals surface area contributed by atoms with Gasteiger partial charge in [-0.15, -0.1) is 0 Å². The molecule has 1 N–H and O–H groups in total. The first-order valence-corrected chi connectivity index (χ1v) is 9.07. The lowest BCUT2D eigenvalue weighted by Crippen LogP contribution is -2.42. The molecule has 0 aliphatic heterocycles. The summed E-state index contributed by atoms with van der Waals surface area (Å²) in [4.78, 5) is 0. The fourth-order valence-corrected chi connectivity index (χ4v) is 6.98. The first-order valence-electron chi connectivity index (χ1n) is 9.07. The molecule has 5 rings (SSSR count). The van der Waals surface area contributed by atoms with Crippen molar-refractivity contribution in [3.63, 3.8) is 0 Å². The fourth-order valence-electron chi connectivity index (χ4n) is 6.98. The van der Waals surface area contributed by atoms with E-state index in [2.05, 4.69) is 6.92 Å². The van der Waals surface area contributed by atoms with Gasteiger partial charge in [0.1, 0.15) is 0 Å². The largest absolute Gasteiger partial charge is 0.392 e. The minimum absolute atomic E-state index is 0.00985. The molecular weight excluding hydrogens is 244 g/mol. The lowest BCUT2D eigenvalue weighted by molar-refractivity contribution is 0.0357. The summed E-state index contributed by atoms with van der Waals surface area (Å²) in [5.74, 6) is 4.43. The lowest BCUT2D eigenvalue weighted by Gasteiger charge is -2.51. The van der Waals surface area contributed by atoms with Crippen molar-refractivity contribution in [3.8, 4) is 0 Å². The highest BCUT2D eigenvalue weighted by molar-refractivity contribution is 5.34. The van der Waals surface area contributed by atoms with Crippen LogP contribution in [0.4, 0.5) is 0 Å². The Kier molecular flexibility index (Phi) is 2.40. The highest BCUT2D eigenvalue weighted by atomic mass is 16.3. The molecule has 0 heterocycles. The molecule has 3 saturated carbocycles. The summed E-state index contributed by atoms with van der Waals surface area (Å²) in [6.45, 7) is 2.59. The van der Waals surface area contributed by atoms with Gasteiger partial charge < -0.3 is 5.11 Å². The van der Waals surface area contributed by atoms with Crippen LogP contribution in [0, 0.1) is 35.0 Å². The Hall–Kier alpha value is -0.300. The van der Waals surface area contributed by atoms with Gasteiger partial charge in [-0.3, -0.25) is 0 Å². The van der Waals surface area contributed by atoms with E-state index in [1.165, 1.54) is 51.4 Å². The molecule has 0 amide bonds. The molecule has 5 aliphatic rings. The van der Waals surface area contributed by atoms with Crippen LogP contribution < -0.4 is 0 Å². The van der Waals surface area contributed by atoms with Crippen LogP contribution in [0.1, 0.15) is 64.7 Å². The molecule has 20 heavy (non-hydrogen) atoms. The summed E-state index contributed by atoms with van der Waals surface area (Å²) in [5.41, 5.74) is 4.29. The molecule has 0 bridgehead atoms. The topological polar surface area (TPSA) is 20.2 Å². The maximum atomic E-state index is 10.2. The second-order valence-corrected chi connectivity index (χ2v) is 8.84. The number of fused-ring (bicyclic) bond motifs is 6. The molecule has 3 fully saturated rings. The van der Waals surface area contributed by atoms with Gasteiger partial charge >= 0.3 is 0 Å². The van der Waals surface area contributed by atoms with Crippen molar-refractivity contribution in [2.45, 2.75) is 70.8 Å². The van der Waals surface area contributed by atoms with Crippen LogP contribution in [0.25, 0.3) is 0 Å². The molecule has 7 atom stereocenters. The summed E-state index contributed by atoms with van der Waals surface area (Å²) in [5, 5.41) is 10.2. The van der Waals surface area contributed by atoms with E-state index < -0.39 is 0 Å². The number of allylic oxidation sites excluding steroid dienone is 1. The van der Waals surface area contributed by atoms with Gasteiger partial charge in [-0.25, -0.2) is 0 Å². The van der Waals surface area contributed by atoms with Crippen molar-refractivity contribution >= 4 is 0 Å². The van der Waals surface area contributed by atoms with Gasteiger partial charge in [0.2, 0.25) is 0 Å². The van der Waals surface area contributed by atoms with Crippen molar-refractivity contribution in [1.29, 1.82) is 0 Å². The normalized spacial score (nSPS) is 56.7. The minimum Gasteiger partial charge on any atom is -0.392 e. The molecule has 0 radical (unpaired) electrons. The third-order valence-electron chi connectivity index (χ3n) is 7.99. The van der Waals surface area contributed by atoms with Crippen molar-refractivity contribution in [2.75, 3.05) is 0 Å². The fraction of sp³-hybridized carbons (Fsp3) is 0.895. The number of aliphatic hydroxyl groups is 1. The smallest absolute Gasteiger partial charge is 0.0611 e. The Bertz CT molecular complexity index is 478. The van der Waals surface area contributed by atoms with Gasteiger partial charge in [-0.2, -0.15) is 0 Å². The number of hydrogen-bond donors (Lipinski definition) is 1. The average Bonchev–Trinajstić information content (AvgIpc) is 3.14. The molecular formula is C19H28O. The van der Waals surface area contributed by atoms with E-state index in [0.29, 0.717) is 11.3 Å². The Morgan fingerprint density at radius 2 is 1.95 bits per heavy atom. The number of rotatable bonds is 0. The third kappa shape index (κ3) is 1.48. The molecule has 5 aliphatic carbocycles. The van der Waals surface area contributed by atoms with Crippen molar-refractivity contribution in [2.24, 2.45) is 35.0 Å². The summed E-state index contributed by atoms with van der Waals surface area (Å²) in [6, 6.07) is 0. The number of aliphatic hydroxyl groups excluding tert-OH is 1. The molecule has 0 spiro atoms. The van der Waals surface area contributed by atoms with Crippen molar-refractivity contribution in [3.05, 3.63) is 11.1 Å². The van der Waals surface area contributed by atoms with Crippen LogP contribution in [0.5, 0.6) is 0 Å². The van der Waals surface area contributed by atoms with E-state index >= 15 is 0 Å². The van der Waals surface area contributed by atoms with Gasteiger partial charge in [-0.05, 0) is 86.4 Å². The maximum absolute atomic E-state index is 10.2. The van der Waals surface area contributed by atoms with Gasteiger partial charge in [-0.1, -0.05) is 24.5 Å². The van der Waals surface area contributed by atoms with Crippen LogP contribution in [-0.2, 0) is 0 Å². The average molecular weight is 272 g/mol. The predicted molar refractivity (Wildman–Crippen MR) is 80.1 cm³/mol. The predicted octanol–water partition coefficient (Wildman–Crippen LogP) is 4.31. The van der Waals surface area contributed by atoms with Crippen molar-refractivity contribution in [1.82, 2.24) is 0 Å². The highest BCUT2D eigenvalue weighted by Crippen LogP contribution is 2.65. The monoisotopic (exact) mass is 272 g/mol. The van der Waals surface area contributed by atoms with Gasteiger partial charge in [0.05, 0.1) is 6.10 Å². The van der Waals surface area contributed by atoms with E-state index in [0.717, 1.165) is 30.1 Å². The Morgan fingerprint density at radius 1 is 1.05 bits per heavy atom. The lowest BCUT2D eigenvalue weighted by atomic mass is 9.54. The molecule has 0 aromatic rings. The zero-order valence-corrected chi connectivity index (χ0v) is 12.8. The molecule has 110 valence electrons. The molecule has 0 aromatic carbocycles. The molecule has 0 saturated heterocycles. The van der Waals surface area contributed by atoms with Crippen molar-refractivity contribution < 1.29 is 5.11 Å². The second kappa shape index (κ2) is 3.91. The van der Waals surface area contributed by atoms with E-state index in [9.17, 15) is 5.11 Å². The summed E-state index contributed by atoms with van der Waals surface area (Å²) in [6.07, 6.45) is 12.6. The van der Waals surface area contributed by atoms with Gasteiger partial charge in [0, 0.05) is 0 Å². The Morgan fingerprint density at radius 3 is 2.85 bits per heavy atom. The zero-order chi connectivity index (χ0) is 13.5. The zero-order valence-electron chi connectivity index (χ0n) is 12.8. The summed E-state index contributed by atoms with van der Waals surface area (Å²) in [7, 11) is 0. The Labute approximate surface area is 122 Å². The Balaban J connectivity index is 1.51. The van der Waals surface area contributed by atoms with Gasteiger partial charge in [0.15, 0.2) is 0 Å². The maximum Gasteiger partial charge on any atom is 0.0611 e. The van der Waals surface area contributed by atoms with E-state index in [1.54, 1.807) is 5.57 Å². The quantitative estimate of drug-likeness (QED) is 0.651. The van der Waals surface area contributed by atoms with E-state index in [-0.39, 0.29) is 6.10 Å². The standard InChI is InChI=1S/C19H28O/c1-19-7-2-3-16(19)12-5-4-11-9-17(20)14-10-15(14)18(11)13(12)6-8-19/h12-17,20H,2-10H2,1H3/t12?,13?,14-,15?,16?,17?,19?/m0/s1. The first kappa shape index (κ1) is 12.3. The molecule has 6 unspecified atom stereocenters. The van der Waals surface area contributed by atoms with Crippen LogP contribution in [-0.4, -0.2) is 11.2 Å². The minimum atomic E-state index is 0.00985. The first-order chi connectivity index (χ1) is 9.67. The molecule has 0 aromatic heterocycles. The highest BCUT2D eigenvalue weighted by Gasteiger charge is 2.56. The number of hydrogen-bond acceptors (Lipinski definition) is 1. The van der Waals surface area contributed by atoms with E-state index in [4.69, 9.17) is 0 Å². The second-order valence-electron chi connectivity index (χ2n) is 8.84.